The molecule has 1 rings (SSSR count). The van der Waals surface area contributed by atoms with Crippen molar-refractivity contribution >= 4 is 0 Å². The van der Waals surface area contributed by atoms with Crippen molar-refractivity contribution in [3.63, 3.8) is 0 Å². The SMILES string of the molecule is CCCC(O)c1ccc(C(C)(C)CC)cc1. The maximum absolute atomic E-state index is 9.87. The molecule has 0 aliphatic rings. The third-order valence-corrected chi connectivity index (χ3v) is 3.52. The van der Waals surface area contributed by atoms with Crippen LogP contribution in [0, 0.1) is 0 Å². The van der Waals surface area contributed by atoms with Crippen molar-refractivity contribution in [2.75, 3.05) is 0 Å². The molecule has 0 aliphatic carbocycles. The minimum atomic E-state index is -0.302. The van der Waals surface area contributed by atoms with Crippen LogP contribution >= 0.6 is 0 Å². The first-order valence-corrected chi connectivity index (χ1v) is 6.29. The third-order valence-electron chi connectivity index (χ3n) is 3.52. The maximum Gasteiger partial charge on any atom is 0.0790 e. The van der Waals surface area contributed by atoms with E-state index in [0.29, 0.717) is 0 Å². The zero-order valence-electron chi connectivity index (χ0n) is 11.0. The molecule has 0 heterocycles. The molecule has 16 heavy (non-hydrogen) atoms. The summed E-state index contributed by atoms with van der Waals surface area (Å²) in [7, 11) is 0. The first-order chi connectivity index (χ1) is 7.51. The number of benzene rings is 1. The molecule has 1 heteroatoms. The number of aliphatic hydroxyl groups excluding tert-OH is 1. The molecule has 1 aromatic rings. The highest BCUT2D eigenvalue weighted by Gasteiger charge is 2.18. The van der Waals surface area contributed by atoms with E-state index in [9.17, 15) is 5.11 Å². The minimum Gasteiger partial charge on any atom is -0.388 e. The van der Waals surface area contributed by atoms with Gasteiger partial charge in [-0.2, -0.15) is 0 Å². The fourth-order valence-corrected chi connectivity index (χ4v) is 1.80. The molecule has 0 saturated carbocycles. The van der Waals surface area contributed by atoms with Gasteiger partial charge in [-0.25, -0.2) is 0 Å². The lowest BCUT2D eigenvalue weighted by Crippen LogP contribution is -2.15. The van der Waals surface area contributed by atoms with Gasteiger partial charge in [0.15, 0.2) is 0 Å². The lowest BCUT2D eigenvalue weighted by molar-refractivity contribution is 0.166. The van der Waals surface area contributed by atoms with Crippen LogP contribution in [0.2, 0.25) is 0 Å². The Morgan fingerprint density at radius 1 is 1.12 bits per heavy atom. The quantitative estimate of drug-likeness (QED) is 0.788. The van der Waals surface area contributed by atoms with Crippen LogP contribution in [-0.2, 0) is 5.41 Å². The lowest BCUT2D eigenvalue weighted by Gasteiger charge is -2.23. The van der Waals surface area contributed by atoms with Crippen LogP contribution in [-0.4, -0.2) is 5.11 Å². The highest BCUT2D eigenvalue weighted by molar-refractivity contribution is 5.29. The second kappa shape index (κ2) is 5.49. The van der Waals surface area contributed by atoms with Crippen molar-refractivity contribution in [1.29, 1.82) is 0 Å². The van der Waals surface area contributed by atoms with Gasteiger partial charge in [-0.1, -0.05) is 58.4 Å². The standard InChI is InChI=1S/C15H24O/c1-5-7-14(16)12-8-10-13(11-9-12)15(3,4)6-2/h8-11,14,16H,5-7H2,1-4H3. The Morgan fingerprint density at radius 3 is 2.12 bits per heavy atom. The first kappa shape index (κ1) is 13.2. The van der Waals surface area contributed by atoms with E-state index in [1.54, 1.807) is 0 Å². The second-order valence-corrected chi connectivity index (χ2v) is 5.16. The predicted molar refractivity (Wildman–Crippen MR) is 69.6 cm³/mol. The smallest absolute Gasteiger partial charge is 0.0790 e. The van der Waals surface area contributed by atoms with Gasteiger partial charge in [0.05, 0.1) is 6.10 Å². The number of rotatable bonds is 5. The molecule has 1 N–H and O–H groups in total. The molecule has 1 atom stereocenters. The molecule has 0 aliphatic heterocycles. The Balaban J connectivity index is 2.83. The van der Waals surface area contributed by atoms with Crippen LogP contribution in [0.25, 0.3) is 0 Å². The highest BCUT2D eigenvalue weighted by atomic mass is 16.3. The summed E-state index contributed by atoms with van der Waals surface area (Å²) >= 11 is 0. The predicted octanol–water partition coefficient (Wildman–Crippen LogP) is 4.21. The van der Waals surface area contributed by atoms with E-state index in [0.717, 1.165) is 24.8 Å². The van der Waals surface area contributed by atoms with Crippen LogP contribution in [0.1, 0.15) is 64.2 Å². The number of aliphatic hydroxyl groups is 1. The van der Waals surface area contributed by atoms with Crippen molar-refractivity contribution in [1.82, 2.24) is 0 Å². The normalized spacial score (nSPS) is 13.8. The fourth-order valence-electron chi connectivity index (χ4n) is 1.80. The molecule has 1 nitrogen and oxygen atoms in total. The molecular formula is C15H24O. The second-order valence-electron chi connectivity index (χ2n) is 5.16. The average Bonchev–Trinajstić information content (AvgIpc) is 2.29. The monoisotopic (exact) mass is 220 g/mol. The van der Waals surface area contributed by atoms with Gasteiger partial charge in [0.1, 0.15) is 0 Å². The number of hydrogen-bond acceptors (Lipinski definition) is 1. The summed E-state index contributed by atoms with van der Waals surface area (Å²) in [5.74, 6) is 0. The topological polar surface area (TPSA) is 20.2 Å². The van der Waals surface area contributed by atoms with Crippen molar-refractivity contribution in [3.8, 4) is 0 Å². The average molecular weight is 220 g/mol. The summed E-state index contributed by atoms with van der Waals surface area (Å²) in [5, 5.41) is 9.87. The Bertz CT molecular complexity index is 311. The third kappa shape index (κ3) is 3.08. The lowest BCUT2D eigenvalue weighted by atomic mass is 9.82. The Labute approximate surface area is 99.5 Å². The molecule has 1 unspecified atom stereocenters. The van der Waals surface area contributed by atoms with Crippen LogP contribution in [0.3, 0.4) is 0 Å². The Kier molecular flexibility index (Phi) is 4.55. The summed E-state index contributed by atoms with van der Waals surface area (Å²) in [6.45, 7) is 8.81. The Hall–Kier alpha value is -0.820. The van der Waals surface area contributed by atoms with Crippen LogP contribution < -0.4 is 0 Å². The number of hydrogen-bond donors (Lipinski definition) is 1. The first-order valence-electron chi connectivity index (χ1n) is 6.29. The van der Waals surface area contributed by atoms with Gasteiger partial charge in [0, 0.05) is 0 Å². The minimum absolute atomic E-state index is 0.230. The summed E-state index contributed by atoms with van der Waals surface area (Å²) in [6.07, 6.45) is 2.69. The zero-order chi connectivity index (χ0) is 12.2. The van der Waals surface area contributed by atoms with E-state index >= 15 is 0 Å². The Morgan fingerprint density at radius 2 is 1.69 bits per heavy atom. The molecule has 0 radical (unpaired) electrons. The van der Waals surface area contributed by atoms with Gasteiger partial charge < -0.3 is 5.11 Å². The van der Waals surface area contributed by atoms with Crippen molar-refractivity contribution in [3.05, 3.63) is 35.4 Å². The van der Waals surface area contributed by atoms with Crippen LogP contribution in [0.15, 0.2) is 24.3 Å². The van der Waals surface area contributed by atoms with E-state index in [-0.39, 0.29) is 11.5 Å². The van der Waals surface area contributed by atoms with Gasteiger partial charge in [-0.3, -0.25) is 0 Å². The summed E-state index contributed by atoms with van der Waals surface area (Å²) in [5.41, 5.74) is 2.62. The van der Waals surface area contributed by atoms with Crippen LogP contribution in [0.5, 0.6) is 0 Å². The summed E-state index contributed by atoms with van der Waals surface area (Å²) < 4.78 is 0. The van der Waals surface area contributed by atoms with Crippen molar-refractivity contribution in [2.24, 2.45) is 0 Å². The molecule has 1 aromatic carbocycles. The van der Waals surface area contributed by atoms with Gasteiger partial charge in [-0.05, 0) is 29.4 Å². The zero-order valence-corrected chi connectivity index (χ0v) is 11.0. The van der Waals surface area contributed by atoms with E-state index < -0.39 is 0 Å². The van der Waals surface area contributed by atoms with Gasteiger partial charge >= 0.3 is 0 Å². The van der Waals surface area contributed by atoms with E-state index in [1.165, 1.54) is 5.56 Å². The van der Waals surface area contributed by atoms with Gasteiger partial charge in [0.2, 0.25) is 0 Å². The molecule has 0 fully saturated rings. The van der Waals surface area contributed by atoms with E-state index in [1.807, 2.05) is 0 Å². The van der Waals surface area contributed by atoms with Crippen molar-refractivity contribution in [2.45, 2.75) is 58.5 Å². The van der Waals surface area contributed by atoms with Crippen molar-refractivity contribution < 1.29 is 5.11 Å². The van der Waals surface area contributed by atoms with Gasteiger partial charge in [0.25, 0.3) is 0 Å². The van der Waals surface area contributed by atoms with E-state index in [2.05, 4.69) is 52.0 Å². The molecule has 0 amide bonds. The molecular weight excluding hydrogens is 196 g/mol. The highest BCUT2D eigenvalue weighted by Crippen LogP contribution is 2.28. The maximum atomic E-state index is 9.87. The summed E-state index contributed by atoms with van der Waals surface area (Å²) in [4.78, 5) is 0. The summed E-state index contributed by atoms with van der Waals surface area (Å²) in [6, 6.07) is 8.43. The van der Waals surface area contributed by atoms with Crippen LogP contribution in [0.4, 0.5) is 0 Å². The molecule has 0 spiro atoms. The largest absolute Gasteiger partial charge is 0.388 e. The molecule has 90 valence electrons. The molecule has 0 aromatic heterocycles. The fraction of sp³-hybridized carbons (Fsp3) is 0.600. The molecule has 0 bridgehead atoms. The van der Waals surface area contributed by atoms with E-state index in [4.69, 9.17) is 0 Å². The van der Waals surface area contributed by atoms with Gasteiger partial charge in [-0.15, -0.1) is 0 Å². The molecule has 0 saturated heterocycles.